The van der Waals surface area contributed by atoms with Crippen molar-refractivity contribution in [1.29, 1.82) is 0 Å². The van der Waals surface area contributed by atoms with Crippen LogP contribution in [0.1, 0.15) is 24.5 Å². The van der Waals surface area contributed by atoms with E-state index in [0.717, 1.165) is 6.42 Å². The van der Waals surface area contributed by atoms with Crippen LogP contribution in [-0.4, -0.2) is 32.3 Å². The second-order valence-corrected chi connectivity index (χ2v) is 5.65. The van der Waals surface area contributed by atoms with Crippen LogP contribution in [0.5, 0.6) is 0 Å². The summed E-state index contributed by atoms with van der Waals surface area (Å²) in [4.78, 5) is 1.86. The maximum atomic E-state index is 13.2. The predicted molar refractivity (Wildman–Crippen MR) is 76.4 cm³/mol. The molecule has 2 rings (SSSR count). The Hall–Kier alpha value is -1.27. The summed E-state index contributed by atoms with van der Waals surface area (Å²) >= 11 is 0. The Labute approximate surface area is 122 Å². The van der Waals surface area contributed by atoms with E-state index in [1.807, 2.05) is 4.90 Å². The van der Waals surface area contributed by atoms with Crippen molar-refractivity contribution in [2.45, 2.75) is 38.0 Å². The molecule has 0 radical (unpaired) electrons. The number of anilines is 1. The van der Waals surface area contributed by atoms with E-state index in [-0.39, 0.29) is 24.1 Å². The minimum Gasteiger partial charge on any atom is -0.379 e. The van der Waals surface area contributed by atoms with E-state index in [1.165, 1.54) is 12.1 Å². The van der Waals surface area contributed by atoms with Crippen LogP contribution in [-0.2, 0) is 17.3 Å². The van der Waals surface area contributed by atoms with Gasteiger partial charge in [0.15, 0.2) is 0 Å². The third-order valence-electron chi connectivity index (χ3n) is 3.80. The molecule has 0 aliphatic carbocycles. The molecule has 1 aliphatic rings. The molecule has 1 heterocycles. The van der Waals surface area contributed by atoms with E-state index >= 15 is 0 Å². The van der Waals surface area contributed by atoms with Crippen LogP contribution in [0.3, 0.4) is 0 Å². The molecule has 118 valence electrons. The van der Waals surface area contributed by atoms with Crippen LogP contribution in [0, 0.1) is 0 Å². The second kappa shape index (κ2) is 6.23. The fourth-order valence-electron chi connectivity index (χ4n) is 2.61. The summed E-state index contributed by atoms with van der Waals surface area (Å²) in [5.41, 5.74) is 5.85. The highest BCUT2D eigenvalue weighted by Crippen LogP contribution is 2.35. The van der Waals surface area contributed by atoms with Crippen molar-refractivity contribution in [2.75, 3.05) is 25.2 Å². The lowest BCUT2D eigenvalue weighted by atomic mass is 9.99. The van der Waals surface area contributed by atoms with Gasteiger partial charge in [-0.2, -0.15) is 13.2 Å². The SMILES string of the molecule is CC(N)Cc1ccc(N(C)C2CCOC2)cc1C(F)(F)F. The zero-order valence-electron chi connectivity index (χ0n) is 12.3. The molecule has 0 saturated carbocycles. The van der Waals surface area contributed by atoms with Crippen molar-refractivity contribution in [2.24, 2.45) is 5.73 Å². The molecule has 1 aromatic carbocycles. The minimum atomic E-state index is -4.37. The number of likely N-dealkylation sites (N-methyl/N-ethyl adjacent to an activating group) is 1. The average molecular weight is 302 g/mol. The van der Waals surface area contributed by atoms with Crippen molar-refractivity contribution in [3.8, 4) is 0 Å². The highest BCUT2D eigenvalue weighted by molar-refractivity contribution is 5.52. The van der Waals surface area contributed by atoms with Crippen molar-refractivity contribution in [3.63, 3.8) is 0 Å². The molecular weight excluding hydrogens is 281 g/mol. The first-order valence-corrected chi connectivity index (χ1v) is 7.05. The highest BCUT2D eigenvalue weighted by atomic mass is 19.4. The molecule has 1 aromatic rings. The molecule has 1 saturated heterocycles. The number of alkyl halides is 3. The van der Waals surface area contributed by atoms with Gasteiger partial charge in [-0.1, -0.05) is 6.07 Å². The molecule has 0 bridgehead atoms. The summed E-state index contributed by atoms with van der Waals surface area (Å²) < 4.78 is 45.0. The quantitative estimate of drug-likeness (QED) is 0.929. The fourth-order valence-corrected chi connectivity index (χ4v) is 2.61. The number of rotatable bonds is 4. The third-order valence-corrected chi connectivity index (χ3v) is 3.80. The minimum absolute atomic E-state index is 0.130. The van der Waals surface area contributed by atoms with Gasteiger partial charge < -0.3 is 15.4 Å². The molecule has 1 aliphatic heterocycles. The van der Waals surface area contributed by atoms with Crippen molar-refractivity contribution < 1.29 is 17.9 Å². The summed E-state index contributed by atoms with van der Waals surface area (Å²) in [6.45, 7) is 2.92. The van der Waals surface area contributed by atoms with Crippen LogP contribution in [0.15, 0.2) is 18.2 Å². The molecule has 3 nitrogen and oxygen atoms in total. The van der Waals surface area contributed by atoms with Gasteiger partial charge in [-0.15, -0.1) is 0 Å². The Kier molecular flexibility index (Phi) is 4.78. The Morgan fingerprint density at radius 2 is 2.14 bits per heavy atom. The Morgan fingerprint density at radius 3 is 2.67 bits per heavy atom. The number of hydrogen-bond acceptors (Lipinski definition) is 3. The van der Waals surface area contributed by atoms with E-state index in [4.69, 9.17) is 10.5 Å². The van der Waals surface area contributed by atoms with Gasteiger partial charge in [0, 0.05) is 25.4 Å². The van der Waals surface area contributed by atoms with E-state index in [9.17, 15) is 13.2 Å². The Morgan fingerprint density at radius 1 is 1.43 bits per heavy atom. The Bertz CT molecular complexity index is 482. The normalized spacial score (nSPS) is 20.6. The summed E-state index contributed by atoms with van der Waals surface area (Å²) in [7, 11) is 1.81. The summed E-state index contributed by atoms with van der Waals surface area (Å²) in [6.07, 6.45) is -3.32. The lowest BCUT2D eigenvalue weighted by Crippen LogP contribution is -2.32. The van der Waals surface area contributed by atoms with Crippen LogP contribution in [0.2, 0.25) is 0 Å². The Balaban J connectivity index is 2.32. The third kappa shape index (κ3) is 3.89. The molecule has 0 amide bonds. The van der Waals surface area contributed by atoms with E-state index in [0.29, 0.717) is 18.9 Å². The number of hydrogen-bond donors (Lipinski definition) is 1. The maximum absolute atomic E-state index is 13.2. The molecular formula is C15H21F3N2O. The van der Waals surface area contributed by atoms with Gasteiger partial charge in [0.05, 0.1) is 18.2 Å². The molecule has 0 aromatic heterocycles. The largest absolute Gasteiger partial charge is 0.416 e. The molecule has 1 fully saturated rings. The summed E-state index contributed by atoms with van der Waals surface area (Å²) in [6, 6.07) is 4.30. The first-order chi connectivity index (χ1) is 9.79. The van der Waals surface area contributed by atoms with Crippen LogP contribution in [0.4, 0.5) is 18.9 Å². The molecule has 2 unspecified atom stereocenters. The lowest BCUT2D eigenvalue weighted by molar-refractivity contribution is -0.138. The van der Waals surface area contributed by atoms with Crippen LogP contribution < -0.4 is 10.6 Å². The summed E-state index contributed by atoms with van der Waals surface area (Å²) in [5.74, 6) is 0. The van der Waals surface area contributed by atoms with Gasteiger partial charge in [-0.3, -0.25) is 0 Å². The van der Waals surface area contributed by atoms with Gasteiger partial charge >= 0.3 is 6.18 Å². The van der Waals surface area contributed by atoms with Gasteiger partial charge in [-0.25, -0.2) is 0 Å². The summed E-state index contributed by atoms with van der Waals surface area (Å²) in [5, 5.41) is 0. The van der Waals surface area contributed by atoms with Crippen molar-refractivity contribution in [3.05, 3.63) is 29.3 Å². The van der Waals surface area contributed by atoms with Crippen molar-refractivity contribution in [1.82, 2.24) is 0 Å². The topological polar surface area (TPSA) is 38.5 Å². The molecule has 6 heteroatoms. The maximum Gasteiger partial charge on any atom is 0.416 e. The van der Waals surface area contributed by atoms with Gasteiger partial charge in [0.25, 0.3) is 0 Å². The smallest absolute Gasteiger partial charge is 0.379 e. The van der Waals surface area contributed by atoms with Crippen LogP contribution in [0.25, 0.3) is 0 Å². The second-order valence-electron chi connectivity index (χ2n) is 5.65. The number of benzene rings is 1. The van der Waals surface area contributed by atoms with Gasteiger partial charge in [0.1, 0.15) is 0 Å². The first kappa shape index (κ1) is 16.1. The number of nitrogens with two attached hydrogens (primary N) is 1. The predicted octanol–water partition coefficient (Wildman–Crippen LogP) is 2.82. The molecule has 0 spiro atoms. The fraction of sp³-hybridized carbons (Fsp3) is 0.600. The van der Waals surface area contributed by atoms with Crippen molar-refractivity contribution >= 4 is 5.69 Å². The zero-order chi connectivity index (χ0) is 15.6. The number of halogens is 3. The number of ether oxygens (including phenoxy) is 1. The number of nitrogens with zero attached hydrogens (tertiary/aromatic N) is 1. The monoisotopic (exact) mass is 302 g/mol. The molecule has 2 N–H and O–H groups in total. The lowest BCUT2D eigenvalue weighted by Gasteiger charge is -2.27. The molecule has 21 heavy (non-hydrogen) atoms. The average Bonchev–Trinajstić information content (AvgIpc) is 2.90. The standard InChI is InChI=1S/C15H21F3N2O/c1-10(19)7-11-3-4-12(8-14(11)15(16,17)18)20(2)13-5-6-21-9-13/h3-4,8,10,13H,5-7,9,19H2,1-2H3. The highest BCUT2D eigenvalue weighted by Gasteiger charge is 2.34. The van der Waals surface area contributed by atoms with Gasteiger partial charge in [0.2, 0.25) is 0 Å². The van der Waals surface area contributed by atoms with E-state index < -0.39 is 11.7 Å². The van der Waals surface area contributed by atoms with E-state index in [2.05, 4.69) is 0 Å². The molecule has 2 atom stereocenters. The van der Waals surface area contributed by atoms with Gasteiger partial charge in [-0.05, 0) is 37.5 Å². The first-order valence-electron chi connectivity index (χ1n) is 7.05. The zero-order valence-corrected chi connectivity index (χ0v) is 12.3. The van der Waals surface area contributed by atoms with E-state index in [1.54, 1.807) is 20.0 Å². The van der Waals surface area contributed by atoms with Crippen LogP contribution >= 0.6 is 0 Å².